The van der Waals surface area contributed by atoms with E-state index in [2.05, 4.69) is 19.9 Å². The molecule has 55 heavy (non-hydrogen) atoms. The van der Waals surface area contributed by atoms with E-state index in [1.165, 1.54) is 14.2 Å². The molecule has 0 spiro atoms. The molecule has 0 aliphatic heterocycles. The number of hydrogen-bond acceptors (Lipinski definition) is 9. The maximum absolute atomic E-state index is 12.6. The van der Waals surface area contributed by atoms with Crippen LogP contribution < -0.4 is 20.1 Å². The first-order valence-electron chi connectivity index (χ1n) is 17.1. The Hall–Kier alpha value is -7.40. The molecule has 6 aromatic carbocycles. The maximum atomic E-state index is 12.6. The summed E-state index contributed by atoms with van der Waals surface area (Å²) in [6, 6.07) is 44.3. The Labute approximate surface area is 318 Å². The van der Waals surface area contributed by atoms with Crippen molar-refractivity contribution in [2.45, 2.75) is 0 Å². The van der Waals surface area contributed by atoms with E-state index in [0.717, 1.165) is 51.0 Å². The first-order chi connectivity index (χ1) is 26.8. The van der Waals surface area contributed by atoms with Gasteiger partial charge in [0, 0.05) is 22.5 Å². The smallest absolute Gasteiger partial charge is 0.337 e. The molecule has 1 amide bonds. The first kappa shape index (κ1) is 37.4. The van der Waals surface area contributed by atoms with Crippen molar-refractivity contribution in [1.82, 2.24) is 9.55 Å². The summed E-state index contributed by atoms with van der Waals surface area (Å²) in [6.45, 7) is 0. The van der Waals surface area contributed by atoms with E-state index in [1.54, 1.807) is 50.6 Å². The molecule has 0 atom stereocenters. The molecule has 7 rings (SSSR count). The zero-order valence-corrected chi connectivity index (χ0v) is 30.6. The lowest BCUT2D eigenvalue weighted by Crippen LogP contribution is -2.13. The van der Waals surface area contributed by atoms with E-state index < -0.39 is 5.97 Å². The lowest BCUT2D eigenvalue weighted by Gasteiger charge is -2.13. The summed E-state index contributed by atoms with van der Waals surface area (Å²) < 4.78 is 22.0. The van der Waals surface area contributed by atoms with Crippen LogP contribution in [-0.2, 0) is 9.47 Å². The van der Waals surface area contributed by atoms with Gasteiger partial charge in [-0.25, -0.2) is 14.6 Å². The minimum Gasteiger partial charge on any atom is -0.497 e. The zero-order chi connectivity index (χ0) is 38.7. The van der Waals surface area contributed by atoms with Crippen LogP contribution in [0.4, 0.5) is 17.1 Å². The highest BCUT2D eigenvalue weighted by atomic mass is 16.5. The largest absolute Gasteiger partial charge is 0.497 e. The molecule has 0 fully saturated rings. The van der Waals surface area contributed by atoms with Crippen molar-refractivity contribution in [3.05, 3.63) is 162 Å². The third kappa shape index (κ3) is 8.81. The molecule has 2 N–H and O–H groups in total. The Balaban J connectivity index is 0.000000187. The minimum atomic E-state index is -0.444. The molecule has 0 aliphatic carbocycles. The summed E-state index contributed by atoms with van der Waals surface area (Å²) in [6.07, 6.45) is 0. The lowest BCUT2D eigenvalue weighted by molar-refractivity contribution is 0.0592. The molecule has 0 unspecified atom stereocenters. The number of nitrogens with zero attached hydrogens (tertiary/aromatic N) is 2. The van der Waals surface area contributed by atoms with Crippen LogP contribution in [0.25, 0.3) is 28.1 Å². The Morgan fingerprint density at radius 2 is 1.05 bits per heavy atom. The standard InChI is InChI=1S/C22H20N2O4.C22H18N2O3/c1-27-18-13-11-17(12-14-18)23-19-5-3-4-6-20(19)24-21(25)15-7-9-16(10-8-15)22(26)28-2;1-26-18-13-11-17(12-14-18)24-20-6-4-3-5-19(20)23-21(24)15-7-9-16(10-8-15)22(25)27-2/h3-14,23H,1-2H3,(H,24,25);3-14H,1-2H3. The molecule has 1 heterocycles. The van der Waals surface area contributed by atoms with Crippen LogP contribution >= 0.6 is 0 Å². The Kier molecular flexibility index (Phi) is 11.8. The van der Waals surface area contributed by atoms with E-state index in [4.69, 9.17) is 19.2 Å². The number of rotatable bonds is 10. The number of methoxy groups -OCH3 is 4. The summed E-state index contributed by atoms with van der Waals surface area (Å²) in [7, 11) is 5.95. The fraction of sp³-hybridized carbons (Fsp3) is 0.0909. The van der Waals surface area contributed by atoms with E-state index in [9.17, 15) is 14.4 Å². The second kappa shape index (κ2) is 17.4. The van der Waals surface area contributed by atoms with Gasteiger partial charge in [-0.05, 0) is 109 Å². The highest BCUT2D eigenvalue weighted by molar-refractivity contribution is 6.06. The fourth-order valence-electron chi connectivity index (χ4n) is 5.69. The van der Waals surface area contributed by atoms with Gasteiger partial charge >= 0.3 is 11.9 Å². The van der Waals surface area contributed by atoms with Crippen molar-refractivity contribution >= 4 is 45.9 Å². The van der Waals surface area contributed by atoms with Gasteiger partial charge in [0.05, 0.1) is 62.0 Å². The second-order valence-corrected chi connectivity index (χ2v) is 11.9. The van der Waals surface area contributed by atoms with Gasteiger partial charge in [0.15, 0.2) is 0 Å². The highest BCUT2D eigenvalue weighted by Gasteiger charge is 2.16. The number of esters is 2. The molecule has 0 saturated heterocycles. The number of carbonyl (C=O) groups is 3. The summed E-state index contributed by atoms with van der Waals surface area (Å²) in [5.74, 6) is 1.29. The van der Waals surface area contributed by atoms with Crippen LogP contribution in [0.3, 0.4) is 0 Å². The number of ether oxygens (including phenoxy) is 4. The molecule has 276 valence electrons. The molecule has 0 radical (unpaired) electrons. The van der Waals surface area contributed by atoms with Gasteiger partial charge in [0.2, 0.25) is 0 Å². The van der Waals surface area contributed by atoms with E-state index in [1.807, 2.05) is 109 Å². The topological polar surface area (TPSA) is 130 Å². The SMILES string of the molecule is COC(=O)c1ccc(-c2nc3ccccc3n2-c2ccc(OC)cc2)cc1.COC(=O)c1ccc(C(=O)Nc2ccccc2Nc2ccc(OC)cc2)cc1. The second-order valence-electron chi connectivity index (χ2n) is 11.9. The number of benzene rings is 6. The van der Waals surface area contributed by atoms with Gasteiger partial charge in [-0.3, -0.25) is 9.36 Å². The van der Waals surface area contributed by atoms with Gasteiger partial charge in [-0.2, -0.15) is 0 Å². The minimum absolute atomic E-state index is 0.277. The number of para-hydroxylation sites is 4. The van der Waals surface area contributed by atoms with Crippen molar-refractivity contribution in [2.24, 2.45) is 0 Å². The molecule has 11 nitrogen and oxygen atoms in total. The molecule has 0 aliphatic rings. The summed E-state index contributed by atoms with van der Waals surface area (Å²) in [5.41, 5.74) is 7.40. The van der Waals surface area contributed by atoms with Gasteiger partial charge in [-0.1, -0.05) is 36.4 Å². The average Bonchev–Trinajstić information content (AvgIpc) is 3.64. The molecular weight excluding hydrogens is 697 g/mol. The number of nitrogens with one attached hydrogen (secondary N) is 2. The maximum Gasteiger partial charge on any atom is 0.337 e. The number of hydrogen-bond donors (Lipinski definition) is 2. The van der Waals surface area contributed by atoms with Gasteiger partial charge in [0.1, 0.15) is 17.3 Å². The predicted octanol–water partition coefficient (Wildman–Crippen LogP) is 8.97. The van der Waals surface area contributed by atoms with Crippen LogP contribution in [0.15, 0.2) is 146 Å². The molecule has 11 heteroatoms. The van der Waals surface area contributed by atoms with Crippen LogP contribution in [0.2, 0.25) is 0 Å². The number of aromatic nitrogens is 2. The van der Waals surface area contributed by atoms with E-state index in [0.29, 0.717) is 22.4 Å². The van der Waals surface area contributed by atoms with Gasteiger partial charge < -0.3 is 29.6 Å². The zero-order valence-electron chi connectivity index (χ0n) is 30.6. The Morgan fingerprint density at radius 3 is 1.64 bits per heavy atom. The Bertz CT molecular complexity index is 2410. The van der Waals surface area contributed by atoms with Crippen molar-refractivity contribution in [3.8, 4) is 28.6 Å². The lowest BCUT2D eigenvalue weighted by atomic mass is 10.1. The van der Waals surface area contributed by atoms with Crippen molar-refractivity contribution in [1.29, 1.82) is 0 Å². The highest BCUT2D eigenvalue weighted by Crippen LogP contribution is 2.30. The molecular formula is C44H38N4O7. The van der Waals surface area contributed by atoms with Gasteiger partial charge in [-0.15, -0.1) is 0 Å². The van der Waals surface area contributed by atoms with Crippen LogP contribution in [-0.4, -0.2) is 55.8 Å². The van der Waals surface area contributed by atoms with Crippen molar-refractivity contribution in [2.75, 3.05) is 39.1 Å². The quantitative estimate of drug-likeness (QED) is 0.132. The third-order valence-corrected chi connectivity index (χ3v) is 8.57. The monoisotopic (exact) mass is 734 g/mol. The number of imidazole rings is 1. The Morgan fingerprint density at radius 1 is 0.545 bits per heavy atom. The van der Waals surface area contributed by atoms with Crippen LogP contribution in [0, 0.1) is 0 Å². The average molecular weight is 735 g/mol. The normalized spacial score (nSPS) is 10.4. The molecule has 0 bridgehead atoms. The van der Waals surface area contributed by atoms with Crippen molar-refractivity contribution in [3.63, 3.8) is 0 Å². The first-order valence-corrected chi connectivity index (χ1v) is 17.1. The predicted molar refractivity (Wildman–Crippen MR) is 213 cm³/mol. The number of anilines is 3. The number of carbonyl (C=O) groups excluding carboxylic acids is 3. The number of fused-ring (bicyclic) bond motifs is 1. The summed E-state index contributed by atoms with van der Waals surface area (Å²) in [5, 5.41) is 6.17. The summed E-state index contributed by atoms with van der Waals surface area (Å²) >= 11 is 0. The third-order valence-electron chi connectivity index (χ3n) is 8.57. The fourth-order valence-corrected chi connectivity index (χ4v) is 5.69. The summed E-state index contributed by atoms with van der Waals surface area (Å²) in [4.78, 5) is 40.6. The molecule has 1 aromatic heterocycles. The number of amides is 1. The van der Waals surface area contributed by atoms with Crippen molar-refractivity contribution < 1.29 is 33.3 Å². The van der Waals surface area contributed by atoms with E-state index >= 15 is 0 Å². The van der Waals surface area contributed by atoms with Crippen LogP contribution in [0.5, 0.6) is 11.5 Å². The van der Waals surface area contributed by atoms with Crippen LogP contribution in [0.1, 0.15) is 31.1 Å². The molecule has 0 saturated carbocycles. The van der Waals surface area contributed by atoms with Gasteiger partial charge in [0.25, 0.3) is 5.91 Å². The van der Waals surface area contributed by atoms with E-state index in [-0.39, 0.29) is 11.9 Å². The molecule has 7 aromatic rings.